The van der Waals surface area contributed by atoms with E-state index in [1.165, 1.54) is 30.3 Å². The molecule has 0 saturated carbocycles. The number of sulfone groups is 1. The highest BCUT2D eigenvalue weighted by molar-refractivity contribution is 7.90. The summed E-state index contributed by atoms with van der Waals surface area (Å²) in [5, 5.41) is 7.80. The minimum Gasteiger partial charge on any atom is -0.436 e. The van der Waals surface area contributed by atoms with Gasteiger partial charge in [-0.1, -0.05) is 41.4 Å². The van der Waals surface area contributed by atoms with Crippen LogP contribution in [-0.2, 0) is 33.6 Å². The summed E-state index contributed by atoms with van der Waals surface area (Å²) in [6.45, 7) is -0.675. The second-order valence-corrected chi connectivity index (χ2v) is 12.4. The van der Waals surface area contributed by atoms with Gasteiger partial charge < -0.3 is 9.64 Å². The largest absolute Gasteiger partial charge is 0.436 e. The Bertz CT molecular complexity index is 1890. The van der Waals surface area contributed by atoms with Gasteiger partial charge in [0.25, 0.3) is 5.91 Å². The smallest absolute Gasteiger partial charge is 0.416 e. The molecule has 48 heavy (non-hydrogen) atoms. The van der Waals surface area contributed by atoms with Crippen molar-refractivity contribution in [3.05, 3.63) is 111 Å². The normalized spacial score (nSPS) is 11.6. The fraction of sp³-hybridized carbons (Fsp3) is 0.172. The zero-order valence-electron chi connectivity index (χ0n) is 24.3. The number of hydrogen-bond donors (Lipinski definition) is 1. The molecule has 0 saturated heterocycles. The average molecular weight is 740 g/mol. The van der Waals surface area contributed by atoms with E-state index in [1.807, 2.05) is 0 Å². The molecule has 0 spiro atoms. The molecule has 256 valence electrons. The predicted octanol–water partition coefficient (Wildman–Crippen LogP) is 7.61. The molecule has 19 heteroatoms. The van der Waals surface area contributed by atoms with E-state index >= 15 is 0 Å². The maximum Gasteiger partial charge on any atom is 0.416 e. The van der Waals surface area contributed by atoms with Crippen molar-refractivity contribution in [1.29, 1.82) is 0 Å². The van der Waals surface area contributed by atoms with E-state index in [-0.39, 0.29) is 22.4 Å². The number of rotatable bonds is 7. The highest BCUT2D eigenvalue weighted by atomic mass is 35.5. The highest BCUT2D eigenvalue weighted by Crippen LogP contribution is 2.37. The first-order chi connectivity index (χ1) is 22.2. The quantitative estimate of drug-likeness (QED) is 0.0879. The van der Waals surface area contributed by atoms with Crippen molar-refractivity contribution in [2.24, 2.45) is 0 Å². The number of amides is 1. The number of benzene rings is 3. The standard InChI is InChI=1S/C22H16ClF6N3O4S.C7H5ClO3/c1-32(11-12-7-13(21(24,25)26)9-14(8-12)22(27,28)29)19(33)15-10-30-20(37(2,34)35)31-18(15)36-17-6-4-3-5-16(17)23;8-6-3-1-2-5(4-6)7(9)11-10/h3-10H,11H2,1-2H3;1-4,10H. The number of halogens is 8. The van der Waals surface area contributed by atoms with Crippen LogP contribution >= 0.6 is 23.2 Å². The first-order valence-electron chi connectivity index (χ1n) is 12.8. The van der Waals surface area contributed by atoms with Crippen molar-refractivity contribution < 1.29 is 59.2 Å². The summed E-state index contributed by atoms with van der Waals surface area (Å²) in [7, 11) is -2.84. The van der Waals surface area contributed by atoms with Gasteiger partial charge in [0.1, 0.15) is 11.3 Å². The van der Waals surface area contributed by atoms with Crippen molar-refractivity contribution in [1.82, 2.24) is 14.9 Å². The maximum atomic E-state index is 13.2. The number of para-hydroxylation sites is 1. The number of carbonyl (C=O) groups excluding carboxylic acids is 2. The monoisotopic (exact) mass is 739 g/mol. The summed E-state index contributed by atoms with van der Waals surface area (Å²) >= 11 is 11.6. The van der Waals surface area contributed by atoms with Crippen LogP contribution in [0.1, 0.15) is 37.4 Å². The third-order valence-electron chi connectivity index (χ3n) is 5.89. The lowest BCUT2D eigenvalue weighted by molar-refractivity contribution is -0.182. The first-order valence-corrected chi connectivity index (χ1v) is 15.5. The number of alkyl halides is 6. The Balaban J connectivity index is 0.000000480. The second kappa shape index (κ2) is 15.2. The van der Waals surface area contributed by atoms with Gasteiger partial charge in [-0.05, 0) is 54.1 Å². The summed E-state index contributed by atoms with van der Waals surface area (Å²) in [5.74, 6) is -2.34. The predicted molar refractivity (Wildman–Crippen MR) is 158 cm³/mol. The molecule has 0 aliphatic heterocycles. The lowest BCUT2D eigenvalue weighted by Crippen LogP contribution is -2.27. The molecule has 10 nitrogen and oxygen atoms in total. The van der Waals surface area contributed by atoms with E-state index in [0.717, 1.165) is 24.4 Å². The molecule has 0 bridgehead atoms. The highest BCUT2D eigenvalue weighted by Gasteiger charge is 2.37. The molecule has 0 fully saturated rings. The Morgan fingerprint density at radius 1 is 0.917 bits per heavy atom. The fourth-order valence-electron chi connectivity index (χ4n) is 3.72. The van der Waals surface area contributed by atoms with Gasteiger partial charge in [-0.25, -0.2) is 18.2 Å². The lowest BCUT2D eigenvalue weighted by Gasteiger charge is -2.21. The molecule has 1 amide bonds. The Kier molecular flexibility index (Phi) is 12.0. The Morgan fingerprint density at radius 3 is 2.04 bits per heavy atom. The number of nitrogens with zero attached hydrogens (tertiary/aromatic N) is 3. The van der Waals surface area contributed by atoms with Crippen LogP contribution in [0.2, 0.25) is 10.0 Å². The molecule has 0 atom stereocenters. The van der Waals surface area contributed by atoms with Crippen LogP contribution < -0.4 is 4.74 Å². The molecule has 0 unspecified atom stereocenters. The van der Waals surface area contributed by atoms with Gasteiger partial charge in [-0.3, -0.25) is 9.68 Å². The van der Waals surface area contributed by atoms with Gasteiger partial charge >= 0.3 is 18.3 Å². The van der Waals surface area contributed by atoms with E-state index in [0.29, 0.717) is 17.2 Å². The molecule has 0 radical (unpaired) electrons. The minimum absolute atomic E-state index is 0.00767. The van der Waals surface area contributed by atoms with Crippen LogP contribution in [-0.4, -0.2) is 53.7 Å². The molecular weight excluding hydrogens is 719 g/mol. The van der Waals surface area contributed by atoms with Gasteiger partial charge in [-0.2, -0.15) is 36.6 Å². The molecule has 4 rings (SSSR count). The second-order valence-electron chi connectivity index (χ2n) is 9.64. The number of aromatic nitrogens is 2. The summed E-state index contributed by atoms with van der Waals surface area (Å²) in [6.07, 6.45) is -8.50. The van der Waals surface area contributed by atoms with Crippen LogP contribution in [0.15, 0.2) is 78.1 Å². The van der Waals surface area contributed by atoms with Gasteiger partial charge in [0.2, 0.25) is 20.9 Å². The van der Waals surface area contributed by atoms with E-state index in [9.17, 15) is 44.3 Å². The fourth-order valence-corrected chi connectivity index (χ4v) is 4.57. The van der Waals surface area contributed by atoms with Crippen molar-refractivity contribution in [2.45, 2.75) is 24.1 Å². The van der Waals surface area contributed by atoms with E-state index in [4.69, 9.17) is 33.2 Å². The van der Waals surface area contributed by atoms with E-state index < -0.39 is 73.9 Å². The first kappa shape index (κ1) is 38.0. The van der Waals surface area contributed by atoms with E-state index in [1.54, 1.807) is 18.2 Å². The van der Waals surface area contributed by atoms with Crippen molar-refractivity contribution in [3.8, 4) is 11.6 Å². The van der Waals surface area contributed by atoms with E-state index in [2.05, 4.69) is 14.9 Å². The average Bonchev–Trinajstić information content (AvgIpc) is 3.00. The number of ether oxygens (including phenoxy) is 1. The number of carbonyl (C=O) groups is 2. The Hall–Kier alpha value is -4.45. The molecule has 3 aromatic carbocycles. The molecular formula is C29H21Cl2F6N3O7S. The molecule has 4 aromatic rings. The third kappa shape index (κ3) is 10.3. The zero-order valence-corrected chi connectivity index (χ0v) is 26.6. The zero-order chi connectivity index (χ0) is 36.0. The third-order valence-corrected chi connectivity index (χ3v) is 7.30. The van der Waals surface area contributed by atoms with Crippen molar-refractivity contribution in [2.75, 3.05) is 13.3 Å². The number of hydrogen-bond acceptors (Lipinski definition) is 9. The summed E-state index contributed by atoms with van der Waals surface area (Å²) < 4.78 is 108. The van der Waals surface area contributed by atoms with Gasteiger partial charge in [0.15, 0.2) is 0 Å². The van der Waals surface area contributed by atoms with Crippen LogP contribution in [0.4, 0.5) is 26.3 Å². The van der Waals surface area contributed by atoms with Gasteiger partial charge in [0, 0.05) is 31.1 Å². The van der Waals surface area contributed by atoms with Crippen LogP contribution in [0.3, 0.4) is 0 Å². The van der Waals surface area contributed by atoms with Crippen LogP contribution in [0, 0.1) is 0 Å². The maximum absolute atomic E-state index is 13.2. The minimum atomic E-state index is -5.07. The molecule has 0 aliphatic carbocycles. The SMILES string of the molecule is CN(Cc1cc(C(F)(F)F)cc(C(F)(F)F)c1)C(=O)c1cnc(S(C)(=O)=O)nc1Oc1ccccc1Cl.O=C(OO)c1cccc(Cl)c1. The van der Waals surface area contributed by atoms with Crippen LogP contribution in [0.5, 0.6) is 11.6 Å². The molecule has 1 N–H and O–H groups in total. The molecule has 1 aromatic heterocycles. The summed E-state index contributed by atoms with van der Waals surface area (Å²) in [6, 6.07) is 13.0. The molecule has 0 aliphatic rings. The summed E-state index contributed by atoms with van der Waals surface area (Å²) in [5.41, 5.74) is -3.73. The van der Waals surface area contributed by atoms with Crippen molar-refractivity contribution >= 4 is 44.9 Å². The van der Waals surface area contributed by atoms with Crippen LogP contribution in [0.25, 0.3) is 0 Å². The Morgan fingerprint density at radius 2 is 1.52 bits per heavy atom. The Labute approximate surface area is 278 Å². The summed E-state index contributed by atoms with van der Waals surface area (Å²) in [4.78, 5) is 35.4. The topological polar surface area (TPSA) is 136 Å². The van der Waals surface area contributed by atoms with Gasteiger partial charge in [0.05, 0.1) is 21.7 Å². The van der Waals surface area contributed by atoms with Gasteiger partial charge in [-0.15, -0.1) is 0 Å². The van der Waals surface area contributed by atoms with Crippen molar-refractivity contribution in [3.63, 3.8) is 0 Å². The lowest BCUT2D eigenvalue weighted by atomic mass is 10.0. The molecule has 1 heterocycles.